The zero-order chi connectivity index (χ0) is 44.0. The van der Waals surface area contributed by atoms with Crippen LogP contribution in [0.15, 0.2) is 37.2 Å². The summed E-state index contributed by atoms with van der Waals surface area (Å²) in [5.41, 5.74) is -0.548. The maximum Gasteiger partial charge on any atom is 0.407 e. The van der Waals surface area contributed by atoms with E-state index >= 15 is 0 Å². The highest BCUT2D eigenvalue weighted by atomic mass is 32.2. The summed E-state index contributed by atoms with van der Waals surface area (Å²) in [6.45, 7) is 7.95. The Labute approximate surface area is 360 Å². The van der Waals surface area contributed by atoms with Gasteiger partial charge in [0.2, 0.25) is 27.7 Å². The number of carbonyl (C=O) groups is 4. The maximum atomic E-state index is 14.9. The molecule has 3 N–H and O–H groups in total. The Morgan fingerprint density at radius 2 is 1.89 bits per heavy atom. The van der Waals surface area contributed by atoms with Crippen molar-refractivity contribution in [2.24, 2.45) is 24.3 Å². The molecule has 2 aliphatic heterocycles. The molecule has 1 aromatic carbocycles. The second kappa shape index (κ2) is 17.0. The van der Waals surface area contributed by atoms with Crippen LogP contribution in [0.25, 0.3) is 10.9 Å². The molecule has 334 valence electrons. The number of aromatic nitrogens is 4. The van der Waals surface area contributed by atoms with E-state index in [1.54, 1.807) is 31.2 Å². The molecule has 0 radical (unpaired) electrons. The fourth-order valence-electron chi connectivity index (χ4n) is 9.07. The van der Waals surface area contributed by atoms with Crippen molar-refractivity contribution in [3.8, 4) is 17.4 Å². The summed E-state index contributed by atoms with van der Waals surface area (Å²) >= 11 is 0. The van der Waals surface area contributed by atoms with E-state index in [0.717, 1.165) is 24.8 Å². The summed E-state index contributed by atoms with van der Waals surface area (Å²) in [4.78, 5) is 67.3. The van der Waals surface area contributed by atoms with Gasteiger partial charge in [-0.25, -0.2) is 23.2 Å². The largest absolute Gasteiger partial charge is 0.496 e. The van der Waals surface area contributed by atoms with Gasteiger partial charge >= 0.3 is 6.09 Å². The van der Waals surface area contributed by atoms with E-state index in [1.807, 2.05) is 26.0 Å². The van der Waals surface area contributed by atoms with Crippen molar-refractivity contribution >= 4 is 44.7 Å². The third-order valence-electron chi connectivity index (χ3n) is 12.8. The molecule has 4 heterocycles. The van der Waals surface area contributed by atoms with E-state index in [4.69, 9.17) is 23.9 Å². The molecule has 1 saturated heterocycles. The lowest BCUT2D eigenvalue weighted by Gasteiger charge is -2.32. The fraction of sp³-hybridized carbons (Fsp3) is 0.605. The van der Waals surface area contributed by atoms with Gasteiger partial charge in [0.15, 0.2) is 12.4 Å². The number of pyridine rings is 1. The second-order valence-electron chi connectivity index (χ2n) is 18.2. The van der Waals surface area contributed by atoms with Crippen molar-refractivity contribution in [2.75, 3.05) is 20.3 Å². The fourth-order valence-corrected chi connectivity index (χ4v) is 10.4. The molecule has 18 nitrogen and oxygen atoms in total. The van der Waals surface area contributed by atoms with Gasteiger partial charge in [-0.3, -0.25) is 23.8 Å². The normalized spacial score (nSPS) is 26.7. The number of amides is 4. The van der Waals surface area contributed by atoms with Crippen LogP contribution in [0.1, 0.15) is 89.4 Å². The average Bonchev–Trinajstić information content (AvgIpc) is 4.03. The van der Waals surface area contributed by atoms with Crippen molar-refractivity contribution in [2.45, 2.75) is 120 Å². The number of aryl methyl sites for hydroxylation is 2. The zero-order valence-corrected chi connectivity index (χ0v) is 36.5. The molecule has 4 fully saturated rings. The molecule has 3 saturated carbocycles. The Balaban J connectivity index is 1.16. The van der Waals surface area contributed by atoms with E-state index in [1.165, 1.54) is 11.0 Å². The highest BCUT2D eigenvalue weighted by molar-refractivity contribution is 7.91. The van der Waals surface area contributed by atoms with Crippen LogP contribution in [-0.2, 0) is 49.2 Å². The SMILES string of the molecule is C=C[C@H]1C[C@@]1(NC(=O)[C@@H]1C[C@@H]2CN1C(=O)[C@H](C1CCCC1)NC(=O)OCC(C)(C)CCCc1cc3c(cc(OCc4ncn(C)n4)nc3cc1OC)O2)C(=O)NS(=O)(=O)C1CC1. The number of hydrogen-bond acceptors (Lipinski definition) is 13. The number of cyclic esters (lactones) is 1. The summed E-state index contributed by atoms with van der Waals surface area (Å²) in [7, 11) is -0.580. The number of sulfonamides is 1. The summed E-state index contributed by atoms with van der Waals surface area (Å²) in [6, 6.07) is 3.30. The molecular formula is C43H56N8O10S. The van der Waals surface area contributed by atoms with Crippen molar-refractivity contribution < 1.29 is 46.5 Å². The highest BCUT2D eigenvalue weighted by Crippen LogP contribution is 2.46. The average molecular weight is 877 g/mol. The van der Waals surface area contributed by atoms with Gasteiger partial charge in [-0.15, -0.1) is 6.58 Å². The first-order chi connectivity index (χ1) is 29.6. The summed E-state index contributed by atoms with van der Waals surface area (Å²) in [5.74, 6) is -1.05. The minimum absolute atomic E-state index is 0.00526. The second-order valence-corrected chi connectivity index (χ2v) is 20.1. The van der Waals surface area contributed by atoms with Crippen molar-refractivity contribution in [1.29, 1.82) is 0 Å². The Morgan fingerprint density at radius 3 is 2.56 bits per heavy atom. The molecule has 3 aliphatic carbocycles. The molecule has 2 aromatic heterocycles. The predicted molar refractivity (Wildman–Crippen MR) is 224 cm³/mol. The van der Waals surface area contributed by atoms with E-state index in [0.29, 0.717) is 66.8 Å². The molecule has 4 bridgehead atoms. The third-order valence-corrected chi connectivity index (χ3v) is 14.7. The van der Waals surface area contributed by atoms with Crippen LogP contribution in [0, 0.1) is 17.3 Å². The number of rotatable bonds is 11. The molecule has 3 aromatic rings. The lowest BCUT2D eigenvalue weighted by atomic mass is 9.87. The third kappa shape index (κ3) is 9.17. The number of nitrogens with one attached hydrogen (secondary N) is 3. The van der Waals surface area contributed by atoms with Gasteiger partial charge < -0.3 is 34.5 Å². The lowest BCUT2D eigenvalue weighted by molar-refractivity contribution is -0.142. The van der Waals surface area contributed by atoms with Gasteiger partial charge in [-0.2, -0.15) is 5.10 Å². The van der Waals surface area contributed by atoms with Gasteiger partial charge in [0.1, 0.15) is 41.6 Å². The predicted octanol–water partition coefficient (Wildman–Crippen LogP) is 3.62. The summed E-state index contributed by atoms with van der Waals surface area (Å²) in [6.07, 6.45) is 7.87. The van der Waals surface area contributed by atoms with Crippen LogP contribution < -0.4 is 29.6 Å². The monoisotopic (exact) mass is 876 g/mol. The number of alkyl carbamates (subject to hydrolysis) is 1. The van der Waals surface area contributed by atoms with Crippen molar-refractivity contribution in [3.05, 3.63) is 48.6 Å². The van der Waals surface area contributed by atoms with Gasteiger partial charge in [0.25, 0.3) is 5.91 Å². The molecule has 4 amide bonds. The Kier molecular flexibility index (Phi) is 11.9. The molecule has 62 heavy (non-hydrogen) atoms. The minimum atomic E-state index is -3.93. The van der Waals surface area contributed by atoms with Crippen LogP contribution in [0.3, 0.4) is 0 Å². The van der Waals surface area contributed by atoms with E-state index < -0.39 is 74.1 Å². The van der Waals surface area contributed by atoms with E-state index in [-0.39, 0.29) is 44.4 Å². The first-order valence-electron chi connectivity index (χ1n) is 21.5. The van der Waals surface area contributed by atoms with Gasteiger partial charge in [-0.05, 0) is 74.3 Å². The Hall–Kier alpha value is -5.46. The zero-order valence-electron chi connectivity index (χ0n) is 35.7. The van der Waals surface area contributed by atoms with Crippen molar-refractivity contribution in [3.63, 3.8) is 0 Å². The first kappa shape index (κ1) is 43.2. The number of hydrogen-bond donors (Lipinski definition) is 3. The van der Waals surface area contributed by atoms with Crippen LogP contribution >= 0.6 is 0 Å². The number of benzene rings is 1. The van der Waals surface area contributed by atoms with E-state index in [2.05, 4.69) is 32.0 Å². The molecule has 0 spiro atoms. The quantitative estimate of drug-likeness (QED) is 0.235. The lowest BCUT2D eigenvalue weighted by Crippen LogP contribution is -2.59. The first-order valence-corrected chi connectivity index (χ1v) is 23.0. The minimum Gasteiger partial charge on any atom is -0.496 e. The van der Waals surface area contributed by atoms with E-state index in [9.17, 15) is 27.6 Å². The number of fused-ring (bicyclic) bond motifs is 3. The van der Waals surface area contributed by atoms with Crippen LogP contribution in [0.5, 0.6) is 17.4 Å². The number of methoxy groups -OCH3 is 1. The smallest absolute Gasteiger partial charge is 0.407 e. The molecule has 0 unspecified atom stereocenters. The Bertz CT molecular complexity index is 2360. The molecule has 8 rings (SSSR count). The molecule has 19 heteroatoms. The van der Waals surface area contributed by atoms with Crippen LogP contribution in [0.4, 0.5) is 4.79 Å². The van der Waals surface area contributed by atoms with Gasteiger partial charge in [-0.1, -0.05) is 32.8 Å². The number of nitrogens with zero attached hydrogens (tertiary/aromatic N) is 5. The van der Waals surface area contributed by atoms with Crippen molar-refractivity contribution in [1.82, 2.24) is 40.0 Å². The molecule has 5 atom stereocenters. The number of ether oxygens (including phenoxy) is 4. The summed E-state index contributed by atoms with van der Waals surface area (Å²) in [5, 5.41) is 10.0. The van der Waals surface area contributed by atoms with Gasteiger partial charge in [0.05, 0.1) is 31.0 Å². The van der Waals surface area contributed by atoms with Crippen LogP contribution in [-0.4, -0.2) is 106 Å². The maximum absolute atomic E-state index is 14.9. The molecule has 5 aliphatic rings. The topological polar surface area (TPSA) is 222 Å². The Morgan fingerprint density at radius 1 is 1.11 bits per heavy atom. The highest BCUT2D eigenvalue weighted by Gasteiger charge is 2.62. The standard InChI is InChI=1S/C43H56N8O10S/c1-6-27-20-43(27,40(54)49-62(56,57)29-13-14-29)47-38(52)32-17-28-21-51(32)39(53)37(25-10-7-8-11-25)46-41(55)60-23-42(2,3)15-9-12-26-16-30-31(18-33(26)58-5)45-36(19-34(30)61-28)59-22-35-44-24-50(4)48-35/h6,16,18-19,24-25,27-29,32,37H,1,7-15,17,20-23H2,2-5H3,(H,46,55)(H,47,52)(H,49,54)/t27-,28+,32-,37-,43-/m0/s1. The summed E-state index contributed by atoms with van der Waals surface area (Å²) < 4.78 is 54.0. The van der Waals surface area contributed by atoms with Crippen LogP contribution in [0.2, 0.25) is 0 Å². The molecular weight excluding hydrogens is 821 g/mol. The number of carbonyl (C=O) groups excluding carboxylic acids is 4. The van der Waals surface area contributed by atoms with Gasteiger partial charge in [0, 0.05) is 36.9 Å².